The van der Waals surface area contributed by atoms with E-state index in [1.165, 1.54) is 7.11 Å². The summed E-state index contributed by atoms with van der Waals surface area (Å²) in [5, 5.41) is 2.45. The molecular formula is C10H15NO3. The van der Waals surface area contributed by atoms with E-state index in [-0.39, 0.29) is 12.5 Å². The highest BCUT2D eigenvalue weighted by molar-refractivity contribution is 5.81. The van der Waals surface area contributed by atoms with Crippen LogP contribution < -0.4 is 5.32 Å². The van der Waals surface area contributed by atoms with E-state index in [4.69, 9.17) is 6.42 Å². The summed E-state index contributed by atoms with van der Waals surface area (Å²) in [5.41, 5.74) is 0. The Bertz CT molecular complexity index is 230. The number of ether oxygens (including phenoxy) is 1. The minimum Gasteiger partial charge on any atom is -0.468 e. The van der Waals surface area contributed by atoms with Crippen LogP contribution in [-0.4, -0.2) is 25.5 Å². The molecule has 14 heavy (non-hydrogen) atoms. The first-order chi connectivity index (χ1) is 6.70. The first-order valence-electron chi connectivity index (χ1n) is 4.47. The van der Waals surface area contributed by atoms with Gasteiger partial charge in [-0.3, -0.25) is 9.59 Å². The fourth-order valence-electron chi connectivity index (χ4n) is 0.844. The number of unbranched alkanes of at least 4 members (excludes halogenated alkanes) is 2. The Balaban J connectivity index is 3.38. The van der Waals surface area contributed by atoms with E-state index in [0.29, 0.717) is 12.8 Å². The number of rotatable bonds is 6. The van der Waals surface area contributed by atoms with Gasteiger partial charge >= 0.3 is 5.97 Å². The van der Waals surface area contributed by atoms with Gasteiger partial charge in [-0.25, -0.2) is 0 Å². The Morgan fingerprint density at radius 3 is 2.71 bits per heavy atom. The lowest BCUT2D eigenvalue weighted by Gasteiger charge is -2.02. The molecule has 0 atom stereocenters. The Labute approximate surface area is 84.0 Å². The molecule has 0 unspecified atom stereocenters. The van der Waals surface area contributed by atoms with Gasteiger partial charge in [-0.05, 0) is 12.8 Å². The Morgan fingerprint density at radius 1 is 1.43 bits per heavy atom. The Hall–Kier alpha value is -1.50. The minimum atomic E-state index is -0.443. The number of carbonyl (C=O) groups is 2. The molecule has 4 nitrogen and oxygen atoms in total. The number of nitrogens with one attached hydrogen (secondary N) is 1. The molecule has 0 aliphatic carbocycles. The van der Waals surface area contributed by atoms with Crippen molar-refractivity contribution < 1.29 is 14.3 Å². The molecular weight excluding hydrogens is 182 g/mol. The van der Waals surface area contributed by atoms with Crippen LogP contribution in [0.25, 0.3) is 0 Å². The topological polar surface area (TPSA) is 55.4 Å². The van der Waals surface area contributed by atoms with Gasteiger partial charge in [-0.2, -0.15) is 0 Å². The SMILES string of the molecule is C#CCCCCC(=O)NCC(=O)OC. The van der Waals surface area contributed by atoms with E-state index in [1.54, 1.807) is 0 Å². The van der Waals surface area contributed by atoms with Gasteiger partial charge in [0.15, 0.2) is 0 Å². The maximum atomic E-state index is 11.1. The highest BCUT2D eigenvalue weighted by atomic mass is 16.5. The number of terminal acetylenes is 1. The van der Waals surface area contributed by atoms with Gasteiger partial charge in [-0.15, -0.1) is 12.3 Å². The monoisotopic (exact) mass is 197 g/mol. The van der Waals surface area contributed by atoms with Crippen molar-refractivity contribution in [2.45, 2.75) is 25.7 Å². The molecule has 0 fully saturated rings. The molecule has 0 aromatic heterocycles. The normalized spacial score (nSPS) is 8.86. The van der Waals surface area contributed by atoms with Crippen LogP contribution >= 0.6 is 0 Å². The van der Waals surface area contributed by atoms with Crippen molar-refractivity contribution in [1.82, 2.24) is 5.32 Å². The van der Waals surface area contributed by atoms with Gasteiger partial charge in [0, 0.05) is 12.8 Å². The molecule has 0 spiro atoms. The van der Waals surface area contributed by atoms with Gasteiger partial charge in [-0.1, -0.05) is 0 Å². The van der Waals surface area contributed by atoms with Crippen LogP contribution in [0.3, 0.4) is 0 Å². The molecule has 0 aromatic carbocycles. The van der Waals surface area contributed by atoms with Crippen molar-refractivity contribution in [3.05, 3.63) is 0 Å². The number of hydrogen-bond donors (Lipinski definition) is 1. The molecule has 0 radical (unpaired) electrons. The fourth-order valence-corrected chi connectivity index (χ4v) is 0.844. The van der Waals surface area contributed by atoms with E-state index < -0.39 is 5.97 Å². The maximum absolute atomic E-state index is 11.1. The molecule has 0 aliphatic rings. The summed E-state index contributed by atoms with van der Waals surface area (Å²) in [4.78, 5) is 21.7. The lowest BCUT2D eigenvalue weighted by molar-refractivity contribution is -0.141. The van der Waals surface area contributed by atoms with Crippen LogP contribution in [0.4, 0.5) is 0 Å². The molecule has 0 bridgehead atoms. The molecule has 0 rings (SSSR count). The number of methoxy groups -OCH3 is 1. The van der Waals surface area contributed by atoms with Crippen molar-refractivity contribution >= 4 is 11.9 Å². The van der Waals surface area contributed by atoms with E-state index in [2.05, 4.69) is 16.0 Å². The van der Waals surface area contributed by atoms with Crippen LogP contribution in [0.2, 0.25) is 0 Å². The van der Waals surface area contributed by atoms with Crippen molar-refractivity contribution in [1.29, 1.82) is 0 Å². The molecule has 4 heteroatoms. The second-order valence-corrected chi connectivity index (χ2v) is 2.76. The van der Waals surface area contributed by atoms with E-state index >= 15 is 0 Å². The maximum Gasteiger partial charge on any atom is 0.325 e. The minimum absolute atomic E-state index is 0.0650. The number of amides is 1. The summed E-state index contributed by atoms with van der Waals surface area (Å²) in [7, 11) is 1.28. The third kappa shape index (κ3) is 7.17. The molecule has 0 aromatic rings. The van der Waals surface area contributed by atoms with Crippen LogP contribution in [0.1, 0.15) is 25.7 Å². The summed E-state index contributed by atoms with van der Waals surface area (Å²) in [5.74, 6) is 1.91. The molecule has 1 amide bonds. The van der Waals surface area contributed by atoms with Crippen LogP contribution in [0.15, 0.2) is 0 Å². The van der Waals surface area contributed by atoms with Gasteiger partial charge in [0.05, 0.1) is 7.11 Å². The van der Waals surface area contributed by atoms with Crippen molar-refractivity contribution in [2.75, 3.05) is 13.7 Å². The zero-order chi connectivity index (χ0) is 10.8. The third-order valence-electron chi connectivity index (χ3n) is 1.63. The first-order valence-corrected chi connectivity index (χ1v) is 4.47. The second-order valence-electron chi connectivity index (χ2n) is 2.76. The van der Waals surface area contributed by atoms with Crippen LogP contribution in [0.5, 0.6) is 0 Å². The lowest BCUT2D eigenvalue weighted by Crippen LogP contribution is -2.29. The Kier molecular flexibility index (Phi) is 7.24. The van der Waals surface area contributed by atoms with E-state index in [0.717, 1.165) is 12.8 Å². The molecule has 0 saturated carbocycles. The van der Waals surface area contributed by atoms with Gasteiger partial charge < -0.3 is 10.1 Å². The van der Waals surface area contributed by atoms with Gasteiger partial charge in [0.1, 0.15) is 6.54 Å². The molecule has 0 heterocycles. The molecule has 78 valence electrons. The zero-order valence-corrected chi connectivity index (χ0v) is 8.34. The van der Waals surface area contributed by atoms with Crippen molar-refractivity contribution in [2.24, 2.45) is 0 Å². The first kappa shape index (κ1) is 12.5. The molecule has 0 aliphatic heterocycles. The average molecular weight is 197 g/mol. The van der Waals surface area contributed by atoms with Crippen LogP contribution in [0, 0.1) is 12.3 Å². The van der Waals surface area contributed by atoms with Crippen molar-refractivity contribution in [3.8, 4) is 12.3 Å². The van der Waals surface area contributed by atoms with Crippen molar-refractivity contribution in [3.63, 3.8) is 0 Å². The summed E-state index contributed by atoms with van der Waals surface area (Å²) in [6.45, 7) is -0.0650. The smallest absolute Gasteiger partial charge is 0.325 e. The number of esters is 1. The molecule has 0 saturated heterocycles. The lowest BCUT2D eigenvalue weighted by atomic mass is 10.2. The predicted molar refractivity (Wildman–Crippen MR) is 52.3 cm³/mol. The summed E-state index contributed by atoms with van der Waals surface area (Å²) < 4.78 is 4.36. The van der Waals surface area contributed by atoms with E-state index in [9.17, 15) is 9.59 Å². The zero-order valence-electron chi connectivity index (χ0n) is 8.34. The summed E-state index contributed by atoms with van der Waals surface area (Å²) >= 11 is 0. The molecule has 1 N–H and O–H groups in total. The highest BCUT2D eigenvalue weighted by Gasteiger charge is 2.03. The quantitative estimate of drug-likeness (QED) is 0.382. The summed E-state index contributed by atoms with van der Waals surface area (Å²) in [6, 6.07) is 0. The number of hydrogen-bond acceptors (Lipinski definition) is 3. The largest absolute Gasteiger partial charge is 0.468 e. The second kappa shape index (κ2) is 8.11. The van der Waals surface area contributed by atoms with Gasteiger partial charge in [0.2, 0.25) is 5.91 Å². The van der Waals surface area contributed by atoms with Crippen LogP contribution in [-0.2, 0) is 14.3 Å². The van der Waals surface area contributed by atoms with Gasteiger partial charge in [0.25, 0.3) is 0 Å². The number of carbonyl (C=O) groups excluding carboxylic acids is 2. The average Bonchev–Trinajstić information content (AvgIpc) is 2.21. The Morgan fingerprint density at radius 2 is 2.14 bits per heavy atom. The third-order valence-corrected chi connectivity index (χ3v) is 1.63. The predicted octanol–water partition coefficient (Wildman–Crippen LogP) is 0.469. The highest BCUT2D eigenvalue weighted by Crippen LogP contribution is 1.97. The van der Waals surface area contributed by atoms with E-state index in [1.807, 2.05) is 0 Å². The fraction of sp³-hybridized carbons (Fsp3) is 0.600. The summed E-state index contributed by atoms with van der Waals surface area (Å²) in [6.07, 6.45) is 7.72. The standard InChI is InChI=1S/C10H15NO3/c1-3-4-5-6-7-9(12)11-8-10(13)14-2/h1H,4-8H2,2H3,(H,11,12).